The van der Waals surface area contributed by atoms with Crippen molar-refractivity contribution in [2.24, 2.45) is 0 Å². The Bertz CT molecular complexity index is 791. The summed E-state index contributed by atoms with van der Waals surface area (Å²) in [6, 6.07) is 15.0. The summed E-state index contributed by atoms with van der Waals surface area (Å²) >= 11 is 6.52. The summed E-state index contributed by atoms with van der Waals surface area (Å²) in [5.74, 6) is -0.601. The predicted molar refractivity (Wildman–Crippen MR) is 82.7 cm³/mol. The fourth-order valence-corrected chi connectivity index (χ4v) is 2.91. The van der Waals surface area contributed by atoms with E-state index in [0.717, 1.165) is 16.5 Å². The number of halogens is 3. The highest BCUT2D eigenvalue weighted by Crippen LogP contribution is 2.35. The van der Waals surface area contributed by atoms with Crippen LogP contribution in [0.3, 0.4) is 0 Å². The number of rotatable bonds is 2. The van der Waals surface area contributed by atoms with Gasteiger partial charge in [-0.3, -0.25) is 0 Å². The lowest BCUT2D eigenvalue weighted by atomic mass is 9.97. The van der Waals surface area contributed by atoms with Gasteiger partial charge in [0.2, 0.25) is 0 Å². The Balaban J connectivity index is 2.18. The third kappa shape index (κ3) is 2.64. The van der Waals surface area contributed by atoms with Crippen LogP contribution in [0.5, 0.6) is 0 Å². The van der Waals surface area contributed by atoms with Gasteiger partial charge in [-0.05, 0) is 47.2 Å². The van der Waals surface area contributed by atoms with Crippen molar-refractivity contribution in [3.8, 4) is 0 Å². The molecule has 0 radical (unpaired) electrons. The molecule has 0 aliphatic rings. The van der Waals surface area contributed by atoms with Crippen molar-refractivity contribution < 1.29 is 8.78 Å². The number of benzene rings is 3. The summed E-state index contributed by atoms with van der Waals surface area (Å²) < 4.78 is 27.4. The number of hydrogen-bond acceptors (Lipinski definition) is 0. The third-order valence-corrected chi connectivity index (χ3v) is 4.02. The van der Waals surface area contributed by atoms with Gasteiger partial charge in [0.1, 0.15) is 11.6 Å². The third-order valence-electron chi connectivity index (χ3n) is 3.53. The van der Waals surface area contributed by atoms with Crippen molar-refractivity contribution in [1.82, 2.24) is 0 Å². The van der Waals surface area contributed by atoms with E-state index in [0.29, 0.717) is 10.9 Å². The number of alkyl halides is 1. The van der Waals surface area contributed by atoms with Crippen molar-refractivity contribution in [3.05, 3.63) is 82.9 Å². The summed E-state index contributed by atoms with van der Waals surface area (Å²) in [7, 11) is 0. The van der Waals surface area contributed by atoms with Crippen molar-refractivity contribution in [3.63, 3.8) is 0 Å². The molecule has 3 heteroatoms. The molecule has 0 aliphatic carbocycles. The van der Waals surface area contributed by atoms with Crippen LogP contribution in [0.1, 0.15) is 22.1 Å². The molecule has 1 unspecified atom stereocenters. The van der Waals surface area contributed by atoms with Crippen LogP contribution in [0.25, 0.3) is 10.8 Å². The lowest BCUT2D eigenvalue weighted by Gasteiger charge is -2.14. The molecule has 0 aromatic heterocycles. The first-order valence-corrected chi connectivity index (χ1v) is 7.08. The first kappa shape index (κ1) is 14.0. The number of fused-ring (bicyclic) bond motifs is 1. The molecular weight excluding hydrogens is 290 g/mol. The van der Waals surface area contributed by atoms with Crippen LogP contribution in [-0.2, 0) is 0 Å². The van der Waals surface area contributed by atoms with Crippen LogP contribution in [0.15, 0.2) is 54.6 Å². The minimum Gasteiger partial charge on any atom is -0.207 e. The second-order valence-corrected chi connectivity index (χ2v) is 5.54. The molecule has 0 spiro atoms. The molecule has 1 atom stereocenters. The Morgan fingerprint density at radius 3 is 2.33 bits per heavy atom. The van der Waals surface area contributed by atoms with E-state index in [9.17, 15) is 8.78 Å². The van der Waals surface area contributed by atoms with Gasteiger partial charge < -0.3 is 0 Å². The zero-order valence-corrected chi connectivity index (χ0v) is 12.2. The molecule has 0 aliphatic heterocycles. The second-order valence-electron chi connectivity index (χ2n) is 5.11. The maximum absolute atomic E-state index is 13.9. The molecule has 21 heavy (non-hydrogen) atoms. The Hall–Kier alpha value is -1.93. The summed E-state index contributed by atoms with van der Waals surface area (Å²) in [5.41, 5.74) is 2.26. The number of aryl methyl sites for hydroxylation is 1. The van der Waals surface area contributed by atoms with Gasteiger partial charge in [-0.2, -0.15) is 0 Å². The van der Waals surface area contributed by atoms with Crippen LogP contribution in [0.4, 0.5) is 8.78 Å². The van der Waals surface area contributed by atoms with Crippen molar-refractivity contribution in [1.29, 1.82) is 0 Å². The predicted octanol–water partition coefficient (Wildman–Crippen LogP) is 5.75. The molecule has 0 fully saturated rings. The lowest BCUT2D eigenvalue weighted by molar-refractivity contribution is 0.624. The summed E-state index contributed by atoms with van der Waals surface area (Å²) in [6.45, 7) is 1.82. The van der Waals surface area contributed by atoms with E-state index in [1.165, 1.54) is 18.2 Å². The van der Waals surface area contributed by atoms with E-state index in [-0.39, 0.29) is 11.6 Å². The van der Waals surface area contributed by atoms with Crippen LogP contribution in [0, 0.1) is 18.6 Å². The van der Waals surface area contributed by atoms with Crippen molar-refractivity contribution in [2.45, 2.75) is 12.3 Å². The Morgan fingerprint density at radius 1 is 0.905 bits per heavy atom. The van der Waals surface area contributed by atoms with E-state index in [2.05, 4.69) is 0 Å². The number of hydrogen-bond donors (Lipinski definition) is 0. The molecule has 0 nitrogen and oxygen atoms in total. The van der Waals surface area contributed by atoms with Gasteiger partial charge >= 0.3 is 0 Å². The van der Waals surface area contributed by atoms with Gasteiger partial charge in [0.15, 0.2) is 0 Å². The summed E-state index contributed by atoms with van der Waals surface area (Å²) in [4.78, 5) is 0. The fourth-order valence-electron chi connectivity index (χ4n) is 2.60. The Morgan fingerprint density at radius 2 is 1.62 bits per heavy atom. The first-order chi connectivity index (χ1) is 10.1. The van der Waals surface area contributed by atoms with Gasteiger partial charge in [-0.1, -0.05) is 36.4 Å². The zero-order chi connectivity index (χ0) is 15.0. The highest BCUT2D eigenvalue weighted by atomic mass is 35.5. The standard InChI is InChI=1S/C18H13ClF2/c1-11-8-12(10-13(20)9-11)18(19)16-6-7-17(21)15-5-3-2-4-14(15)16/h2-10,18H,1H3. The second kappa shape index (κ2) is 5.45. The van der Waals surface area contributed by atoms with Gasteiger partial charge in [-0.25, -0.2) is 8.78 Å². The maximum Gasteiger partial charge on any atom is 0.131 e. The normalized spacial score (nSPS) is 12.6. The molecule has 0 heterocycles. The van der Waals surface area contributed by atoms with Crippen LogP contribution >= 0.6 is 11.6 Å². The zero-order valence-electron chi connectivity index (χ0n) is 11.4. The monoisotopic (exact) mass is 302 g/mol. The van der Waals surface area contributed by atoms with Gasteiger partial charge in [0, 0.05) is 5.39 Å². The van der Waals surface area contributed by atoms with Crippen molar-refractivity contribution >= 4 is 22.4 Å². The molecule has 3 aromatic carbocycles. The minimum atomic E-state index is -0.523. The molecule has 0 amide bonds. The lowest BCUT2D eigenvalue weighted by Crippen LogP contribution is -1.97. The van der Waals surface area contributed by atoms with Gasteiger partial charge in [0.05, 0.1) is 5.38 Å². The summed E-state index contributed by atoms with van der Waals surface area (Å²) in [5, 5.41) is 0.748. The van der Waals surface area contributed by atoms with E-state index in [1.807, 2.05) is 25.1 Å². The maximum atomic E-state index is 13.9. The molecule has 0 N–H and O–H groups in total. The SMILES string of the molecule is Cc1cc(F)cc(C(Cl)c2ccc(F)c3ccccc23)c1. The molecule has 0 saturated heterocycles. The molecule has 0 bridgehead atoms. The molecule has 106 valence electrons. The largest absolute Gasteiger partial charge is 0.207 e. The van der Waals surface area contributed by atoms with Crippen LogP contribution in [-0.4, -0.2) is 0 Å². The average molecular weight is 303 g/mol. The van der Waals surface area contributed by atoms with E-state index < -0.39 is 5.38 Å². The van der Waals surface area contributed by atoms with Crippen LogP contribution in [0.2, 0.25) is 0 Å². The molecule has 3 aromatic rings. The van der Waals surface area contributed by atoms with E-state index >= 15 is 0 Å². The average Bonchev–Trinajstić information content (AvgIpc) is 2.46. The highest BCUT2D eigenvalue weighted by Gasteiger charge is 2.16. The highest BCUT2D eigenvalue weighted by molar-refractivity contribution is 6.23. The molecule has 0 saturated carbocycles. The Labute approximate surface area is 127 Å². The van der Waals surface area contributed by atoms with E-state index in [1.54, 1.807) is 18.2 Å². The minimum absolute atomic E-state index is 0.284. The van der Waals surface area contributed by atoms with Crippen molar-refractivity contribution in [2.75, 3.05) is 0 Å². The van der Waals surface area contributed by atoms with Gasteiger partial charge in [-0.15, -0.1) is 11.6 Å². The smallest absolute Gasteiger partial charge is 0.131 e. The quantitative estimate of drug-likeness (QED) is 0.528. The molecular formula is C18H13ClF2. The van der Waals surface area contributed by atoms with Gasteiger partial charge in [0.25, 0.3) is 0 Å². The first-order valence-electron chi connectivity index (χ1n) is 6.64. The van der Waals surface area contributed by atoms with Crippen LogP contribution < -0.4 is 0 Å². The Kier molecular flexibility index (Phi) is 3.64. The topological polar surface area (TPSA) is 0 Å². The fraction of sp³-hybridized carbons (Fsp3) is 0.111. The van der Waals surface area contributed by atoms with E-state index in [4.69, 9.17) is 11.6 Å². The molecule has 3 rings (SSSR count). The summed E-state index contributed by atoms with van der Waals surface area (Å²) in [6.07, 6.45) is 0.